The highest BCUT2D eigenvalue weighted by Gasteiger charge is 2.25. The summed E-state index contributed by atoms with van der Waals surface area (Å²) in [6.45, 7) is 10.9. The predicted molar refractivity (Wildman–Crippen MR) is 75.1 cm³/mol. The molecule has 5 nitrogen and oxygen atoms in total. The summed E-state index contributed by atoms with van der Waals surface area (Å²) in [7, 11) is 0. The van der Waals surface area contributed by atoms with Crippen LogP contribution in [0.25, 0.3) is 0 Å². The molecule has 2 saturated heterocycles. The zero-order chi connectivity index (χ0) is 13.7. The van der Waals surface area contributed by atoms with Crippen LogP contribution in [0, 0.1) is 0 Å². The molecule has 5 heteroatoms. The number of amides is 1. The summed E-state index contributed by atoms with van der Waals surface area (Å²) in [4.78, 5) is 16.8. The maximum Gasteiger partial charge on any atom is 0.237 e. The van der Waals surface area contributed by atoms with E-state index in [1.54, 1.807) is 0 Å². The fourth-order valence-electron chi connectivity index (χ4n) is 2.80. The van der Waals surface area contributed by atoms with Crippen molar-refractivity contribution < 1.29 is 9.53 Å². The molecule has 0 aromatic rings. The lowest BCUT2D eigenvalue weighted by molar-refractivity contribution is -0.127. The third-order valence-electron chi connectivity index (χ3n) is 4.31. The molecule has 0 aromatic carbocycles. The topological polar surface area (TPSA) is 44.8 Å². The third kappa shape index (κ3) is 4.16. The average molecular weight is 269 g/mol. The van der Waals surface area contributed by atoms with E-state index in [9.17, 15) is 4.79 Å². The second kappa shape index (κ2) is 7.22. The zero-order valence-electron chi connectivity index (χ0n) is 12.2. The largest absolute Gasteiger partial charge is 0.376 e. The van der Waals surface area contributed by atoms with Crippen molar-refractivity contribution in [2.24, 2.45) is 0 Å². The Morgan fingerprint density at radius 3 is 2.68 bits per heavy atom. The minimum atomic E-state index is -0.0274. The van der Waals surface area contributed by atoms with E-state index in [0.717, 1.165) is 52.2 Å². The number of carbonyl (C=O) groups is 1. The first kappa shape index (κ1) is 14.8. The van der Waals surface area contributed by atoms with Crippen molar-refractivity contribution in [3.05, 3.63) is 0 Å². The Kier molecular flexibility index (Phi) is 5.60. The van der Waals surface area contributed by atoms with Crippen molar-refractivity contribution in [3.8, 4) is 0 Å². The third-order valence-corrected chi connectivity index (χ3v) is 4.31. The van der Waals surface area contributed by atoms with Gasteiger partial charge in [0.05, 0.1) is 12.1 Å². The van der Waals surface area contributed by atoms with E-state index in [1.807, 2.05) is 6.92 Å². The molecule has 0 saturated carbocycles. The summed E-state index contributed by atoms with van der Waals surface area (Å²) in [6, 6.07) is -0.0274. The number of nitrogens with one attached hydrogen (secondary N) is 1. The first-order valence-electron chi connectivity index (χ1n) is 7.56. The maximum absolute atomic E-state index is 12.1. The van der Waals surface area contributed by atoms with Gasteiger partial charge in [0.25, 0.3) is 0 Å². The van der Waals surface area contributed by atoms with Gasteiger partial charge >= 0.3 is 0 Å². The van der Waals surface area contributed by atoms with Gasteiger partial charge in [-0.2, -0.15) is 0 Å². The zero-order valence-corrected chi connectivity index (χ0v) is 12.2. The van der Waals surface area contributed by atoms with E-state index in [4.69, 9.17) is 4.74 Å². The number of rotatable bonds is 5. The van der Waals surface area contributed by atoms with Gasteiger partial charge < -0.3 is 15.0 Å². The summed E-state index contributed by atoms with van der Waals surface area (Å²) in [5.74, 6) is 0.139. The fourth-order valence-corrected chi connectivity index (χ4v) is 2.80. The van der Waals surface area contributed by atoms with Crippen LogP contribution < -0.4 is 5.32 Å². The molecule has 2 fully saturated rings. The van der Waals surface area contributed by atoms with Gasteiger partial charge in [0.15, 0.2) is 0 Å². The average Bonchev–Trinajstić information content (AvgIpc) is 2.97. The number of hydrogen-bond donors (Lipinski definition) is 1. The van der Waals surface area contributed by atoms with Crippen LogP contribution in [-0.2, 0) is 9.53 Å². The van der Waals surface area contributed by atoms with E-state index < -0.39 is 0 Å². The molecule has 2 rings (SSSR count). The Balaban J connectivity index is 1.69. The molecule has 2 aliphatic rings. The van der Waals surface area contributed by atoms with Crippen molar-refractivity contribution in [2.45, 2.75) is 38.8 Å². The minimum absolute atomic E-state index is 0.0274. The lowest BCUT2D eigenvalue weighted by atomic mass is 10.2. The van der Waals surface area contributed by atoms with Crippen LogP contribution in [0.5, 0.6) is 0 Å². The first-order valence-corrected chi connectivity index (χ1v) is 7.56. The lowest BCUT2D eigenvalue weighted by Crippen LogP contribution is -2.54. The van der Waals surface area contributed by atoms with Gasteiger partial charge in [-0.05, 0) is 26.3 Å². The quantitative estimate of drug-likeness (QED) is 0.780. The van der Waals surface area contributed by atoms with Crippen LogP contribution in [0.15, 0.2) is 0 Å². The number of carbonyl (C=O) groups excluding carboxylic acids is 1. The molecule has 2 atom stereocenters. The fraction of sp³-hybridized carbons (Fsp3) is 0.929. The molecule has 2 unspecified atom stereocenters. The Bertz CT molecular complexity index is 284. The molecule has 1 N–H and O–H groups in total. The Hall–Kier alpha value is -0.650. The molecular formula is C14H27N3O2. The van der Waals surface area contributed by atoms with Crippen molar-refractivity contribution in [3.63, 3.8) is 0 Å². The lowest BCUT2D eigenvalue weighted by Gasteiger charge is -2.37. The van der Waals surface area contributed by atoms with E-state index in [1.165, 1.54) is 0 Å². The number of likely N-dealkylation sites (N-methyl/N-ethyl adjacent to an activating group) is 1. The summed E-state index contributed by atoms with van der Waals surface area (Å²) in [5.41, 5.74) is 0. The number of nitrogens with zero attached hydrogens (tertiary/aromatic N) is 2. The molecule has 0 radical (unpaired) electrons. The smallest absolute Gasteiger partial charge is 0.237 e. The van der Waals surface area contributed by atoms with Crippen LogP contribution in [0.1, 0.15) is 26.7 Å². The highest BCUT2D eigenvalue weighted by atomic mass is 16.5. The van der Waals surface area contributed by atoms with Crippen LogP contribution in [0.4, 0.5) is 0 Å². The Morgan fingerprint density at radius 1 is 1.37 bits per heavy atom. The van der Waals surface area contributed by atoms with Gasteiger partial charge in [-0.3, -0.25) is 9.69 Å². The summed E-state index contributed by atoms with van der Waals surface area (Å²) in [6.07, 6.45) is 2.42. The molecule has 0 aromatic heterocycles. The minimum Gasteiger partial charge on any atom is -0.376 e. The summed E-state index contributed by atoms with van der Waals surface area (Å²) in [5, 5.41) is 3.03. The Labute approximate surface area is 116 Å². The molecular weight excluding hydrogens is 242 g/mol. The van der Waals surface area contributed by atoms with E-state index in [0.29, 0.717) is 6.54 Å². The second-order valence-electron chi connectivity index (χ2n) is 5.53. The summed E-state index contributed by atoms with van der Waals surface area (Å²) >= 11 is 0. The van der Waals surface area contributed by atoms with E-state index in [-0.39, 0.29) is 18.1 Å². The maximum atomic E-state index is 12.1. The van der Waals surface area contributed by atoms with Gasteiger partial charge in [-0.15, -0.1) is 0 Å². The van der Waals surface area contributed by atoms with Gasteiger partial charge in [0.1, 0.15) is 0 Å². The summed E-state index contributed by atoms with van der Waals surface area (Å²) < 4.78 is 5.52. The molecule has 2 heterocycles. The van der Waals surface area contributed by atoms with Crippen molar-refractivity contribution in [2.75, 3.05) is 45.9 Å². The standard InChI is InChI=1S/C14H27N3O2/c1-3-16-6-8-17(9-7-16)12(2)14(18)15-11-13-5-4-10-19-13/h12-13H,3-11H2,1-2H3,(H,15,18). The van der Waals surface area contributed by atoms with E-state index in [2.05, 4.69) is 22.0 Å². The van der Waals surface area contributed by atoms with Crippen molar-refractivity contribution in [1.29, 1.82) is 0 Å². The van der Waals surface area contributed by atoms with Crippen LogP contribution in [-0.4, -0.2) is 73.7 Å². The molecule has 19 heavy (non-hydrogen) atoms. The Morgan fingerprint density at radius 2 is 2.11 bits per heavy atom. The van der Waals surface area contributed by atoms with Crippen molar-refractivity contribution in [1.82, 2.24) is 15.1 Å². The molecule has 0 spiro atoms. The number of piperazine rings is 1. The number of hydrogen-bond acceptors (Lipinski definition) is 4. The van der Waals surface area contributed by atoms with Crippen LogP contribution in [0.3, 0.4) is 0 Å². The number of ether oxygens (including phenoxy) is 1. The van der Waals surface area contributed by atoms with Crippen LogP contribution in [0.2, 0.25) is 0 Å². The molecule has 2 aliphatic heterocycles. The highest BCUT2D eigenvalue weighted by Crippen LogP contribution is 2.11. The van der Waals surface area contributed by atoms with Crippen LogP contribution >= 0.6 is 0 Å². The predicted octanol–water partition coefficient (Wildman–Crippen LogP) is 0.308. The van der Waals surface area contributed by atoms with Crippen molar-refractivity contribution >= 4 is 5.91 Å². The molecule has 1 amide bonds. The first-order chi connectivity index (χ1) is 9.20. The van der Waals surface area contributed by atoms with Gasteiger partial charge in [0.2, 0.25) is 5.91 Å². The molecule has 0 aliphatic carbocycles. The van der Waals surface area contributed by atoms with Gasteiger partial charge in [-0.1, -0.05) is 6.92 Å². The second-order valence-corrected chi connectivity index (χ2v) is 5.53. The SMILES string of the molecule is CCN1CCN(C(C)C(=O)NCC2CCCO2)CC1. The molecule has 0 bridgehead atoms. The molecule has 110 valence electrons. The van der Waals surface area contributed by atoms with Gasteiger partial charge in [-0.25, -0.2) is 0 Å². The van der Waals surface area contributed by atoms with Gasteiger partial charge in [0, 0.05) is 39.3 Å². The highest BCUT2D eigenvalue weighted by molar-refractivity contribution is 5.81. The normalized spacial score (nSPS) is 27.4. The monoisotopic (exact) mass is 269 g/mol. The van der Waals surface area contributed by atoms with E-state index >= 15 is 0 Å².